The van der Waals surface area contributed by atoms with Crippen LogP contribution in [0.25, 0.3) is 0 Å². The van der Waals surface area contributed by atoms with Crippen molar-refractivity contribution in [1.29, 1.82) is 5.26 Å². The molecule has 9 heteroatoms. The van der Waals surface area contributed by atoms with E-state index in [1.54, 1.807) is 18.2 Å². The van der Waals surface area contributed by atoms with Crippen molar-refractivity contribution in [2.75, 3.05) is 24.9 Å². The van der Waals surface area contributed by atoms with Gasteiger partial charge in [0, 0.05) is 12.3 Å². The first-order valence-corrected chi connectivity index (χ1v) is 7.45. The first-order valence-electron chi connectivity index (χ1n) is 7.45. The number of hydrogen-bond donors (Lipinski definition) is 2. The van der Waals surface area contributed by atoms with E-state index in [-0.39, 0.29) is 5.69 Å². The zero-order valence-electron chi connectivity index (χ0n) is 14.3. The van der Waals surface area contributed by atoms with Gasteiger partial charge >= 0.3 is 0 Å². The molecule has 2 rings (SSSR count). The van der Waals surface area contributed by atoms with E-state index >= 15 is 0 Å². The third-order valence-corrected chi connectivity index (χ3v) is 3.43. The lowest BCUT2D eigenvalue weighted by Crippen LogP contribution is -2.15. The minimum absolute atomic E-state index is 0.238. The van der Waals surface area contributed by atoms with Crippen molar-refractivity contribution in [3.05, 3.63) is 59.6 Å². The molecule has 0 unspecified atom stereocenters. The molecule has 0 aliphatic rings. The Morgan fingerprint density at radius 2 is 1.81 bits per heavy atom. The molecule has 0 aromatic heterocycles. The lowest BCUT2D eigenvalue weighted by atomic mass is 10.2. The number of benzene rings is 2. The molecule has 140 valence electrons. The van der Waals surface area contributed by atoms with Crippen LogP contribution in [0.3, 0.4) is 0 Å². The maximum atomic E-state index is 13.6. The molecule has 2 N–H and O–H groups in total. The molecule has 0 aliphatic carbocycles. The number of anilines is 2. The number of amides is 1. The Labute approximate surface area is 152 Å². The van der Waals surface area contributed by atoms with Crippen molar-refractivity contribution in [3.63, 3.8) is 0 Å². The molecule has 0 heterocycles. The van der Waals surface area contributed by atoms with E-state index in [9.17, 15) is 18.0 Å². The van der Waals surface area contributed by atoms with E-state index in [1.165, 1.54) is 20.3 Å². The minimum atomic E-state index is -1.67. The lowest BCUT2D eigenvalue weighted by molar-refractivity contribution is -0.112. The van der Waals surface area contributed by atoms with Crippen LogP contribution in [0.5, 0.6) is 11.5 Å². The van der Waals surface area contributed by atoms with E-state index in [2.05, 4.69) is 10.6 Å². The average Bonchev–Trinajstić information content (AvgIpc) is 2.68. The SMILES string of the molecule is COc1ccc(OC)c(NC(=O)/C(C#N)=C\Nc2ccc(F)c(F)c2F)c1. The van der Waals surface area contributed by atoms with Crippen LogP contribution in [0.2, 0.25) is 0 Å². The van der Waals surface area contributed by atoms with Gasteiger partial charge in [0.05, 0.1) is 25.6 Å². The molecule has 27 heavy (non-hydrogen) atoms. The molecule has 0 aliphatic heterocycles. The third-order valence-electron chi connectivity index (χ3n) is 3.43. The van der Waals surface area contributed by atoms with Gasteiger partial charge in [-0.25, -0.2) is 13.2 Å². The number of ether oxygens (including phenoxy) is 2. The fourth-order valence-corrected chi connectivity index (χ4v) is 2.04. The number of hydrogen-bond acceptors (Lipinski definition) is 5. The van der Waals surface area contributed by atoms with Gasteiger partial charge in [0.25, 0.3) is 5.91 Å². The highest BCUT2D eigenvalue weighted by atomic mass is 19.2. The average molecular weight is 377 g/mol. The zero-order chi connectivity index (χ0) is 20.0. The summed E-state index contributed by atoms with van der Waals surface area (Å²) in [5, 5.41) is 13.9. The summed E-state index contributed by atoms with van der Waals surface area (Å²) in [7, 11) is 2.83. The number of nitriles is 1. The van der Waals surface area contributed by atoms with Crippen LogP contribution in [0.15, 0.2) is 42.1 Å². The van der Waals surface area contributed by atoms with Crippen molar-refractivity contribution in [3.8, 4) is 17.6 Å². The van der Waals surface area contributed by atoms with Gasteiger partial charge in [0.2, 0.25) is 0 Å². The summed E-state index contributed by atoms with van der Waals surface area (Å²) in [5.74, 6) is -4.57. The number of nitrogens with zero attached hydrogens (tertiary/aromatic N) is 1. The van der Waals surface area contributed by atoms with Gasteiger partial charge in [-0.3, -0.25) is 4.79 Å². The first-order chi connectivity index (χ1) is 12.9. The predicted molar refractivity (Wildman–Crippen MR) is 91.8 cm³/mol. The zero-order valence-corrected chi connectivity index (χ0v) is 14.3. The van der Waals surface area contributed by atoms with Gasteiger partial charge in [-0.15, -0.1) is 0 Å². The highest BCUT2D eigenvalue weighted by Crippen LogP contribution is 2.29. The number of rotatable bonds is 6. The first kappa shape index (κ1) is 19.7. The molecule has 0 saturated heterocycles. The molecule has 0 fully saturated rings. The molecular formula is C18H14F3N3O3. The Morgan fingerprint density at radius 1 is 1.07 bits per heavy atom. The van der Waals surface area contributed by atoms with Crippen molar-refractivity contribution in [1.82, 2.24) is 0 Å². The molecule has 1 amide bonds. The second-order valence-corrected chi connectivity index (χ2v) is 5.06. The standard InChI is InChI=1S/C18H14F3N3O3/c1-26-11-3-6-15(27-2)14(7-11)24-18(25)10(8-22)9-23-13-5-4-12(19)16(20)17(13)21/h3-7,9,23H,1-2H3,(H,24,25)/b10-9-. The van der Waals surface area contributed by atoms with Gasteiger partial charge in [-0.05, 0) is 24.3 Å². The second-order valence-electron chi connectivity index (χ2n) is 5.06. The Bertz CT molecular complexity index is 939. The van der Waals surface area contributed by atoms with Crippen LogP contribution < -0.4 is 20.1 Å². The van der Waals surface area contributed by atoms with E-state index in [0.29, 0.717) is 17.6 Å². The van der Waals surface area contributed by atoms with E-state index in [1.807, 2.05) is 0 Å². The smallest absolute Gasteiger partial charge is 0.267 e. The van der Waals surface area contributed by atoms with Crippen molar-refractivity contribution in [2.45, 2.75) is 0 Å². The summed E-state index contributed by atoms with van der Waals surface area (Å²) in [6.45, 7) is 0. The van der Waals surface area contributed by atoms with Crippen molar-refractivity contribution >= 4 is 17.3 Å². The summed E-state index contributed by atoms with van der Waals surface area (Å²) in [4.78, 5) is 12.3. The van der Waals surface area contributed by atoms with Gasteiger partial charge in [0.1, 0.15) is 23.1 Å². The van der Waals surface area contributed by atoms with E-state index in [0.717, 1.165) is 12.3 Å². The maximum Gasteiger partial charge on any atom is 0.267 e. The molecular weight excluding hydrogens is 363 g/mol. The number of nitrogens with one attached hydrogen (secondary N) is 2. The van der Waals surface area contributed by atoms with Crippen LogP contribution in [0.4, 0.5) is 24.5 Å². The minimum Gasteiger partial charge on any atom is -0.497 e. The van der Waals surface area contributed by atoms with Crippen molar-refractivity contribution in [2.24, 2.45) is 0 Å². The molecule has 0 saturated carbocycles. The summed E-state index contributed by atoms with van der Waals surface area (Å²) in [5.41, 5.74) is -0.639. The quantitative estimate of drug-likeness (QED) is 0.457. The molecule has 2 aromatic rings. The summed E-state index contributed by atoms with van der Waals surface area (Å²) in [6, 6.07) is 7.92. The Hall–Kier alpha value is -3.67. The largest absolute Gasteiger partial charge is 0.497 e. The fraction of sp³-hybridized carbons (Fsp3) is 0.111. The van der Waals surface area contributed by atoms with Gasteiger partial charge < -0.3 is 20.1 Å². The summed E-state index contributed by atoms with van der Waals surface area (Å²) < 4.78 is 49.9. The van der Waals surface area contributed by atoms with E-state index < -0.39 is 34.6 Å². The van der Waals surface area contributed by atoms with Gasteiger partial charge in [0.15, 0.2) is 17.5 Å². The van der Waals surface area contributed by atoms with Gasteiger partial charge in [-0.2, -0.15) is 5.26 Å². The molecule has 0 radical (unpaired) electrons. The van der Waals surface area contributed by atoms with Crippen molar-refractivity contribution < 1.29 is 27.4 Å². The lowest BCUT2D eigenvalue weighted by Gasteiger charge is -2.11. The van der Waals surface area contributed by atoms with Crippen LogP contribution in [-0.4, -0.2) is 20.1 Å². The van der Waals surface area contributed by atoms with Gasteiger partial charge in [-0.1, -0.05) is 0 Å². The topological polar surface area (TPSA) is 83.4 Å². The molecule has 2 aromatic carbocycles. The highest BCUT2D eigenvalue weighted by molar-refractivity contribution is 6.07. The molecule has 0 bridgehead atoms. The molecule has 0 spiro atoms. The second kappa shape index (κ2) is 8.62. The Morgan fingerprint density at radius 3 is 2.44 bits per heavy atom. The number of halogens is 3. The number of carbonyl (C=O) groups is 1. The third kappa shape index (κ3) is 4.49. The maximum absolute atomic E-state index is 13.6. The molecule has 0 atom stereocenters. The highest BCUT2D eigenvalue weighted by Gasteiger charge is 2.15. The Balaban J connectivity index is 2.23. The monoisotopic (exact) mass is 377 g/mol. The normalized spacial score (nSPS) is 10.7. The Kier molecular flexibility index (Phi) is 6.27. The fourth-order valence-electron chi connectivity index (χ4n) is 2.04. The van der Waals surface area contributed by atoms with Crippen LogP contribution >= 0.6 is 0 Å². The summed E-state index contributed by atoms with van der Waals surface area (Å²) in [6.07, 6.45) is 0.873. The van der Waals surface area contributed by atoms with Crippen LogP contribution in [-0.2, 0) is 4.79 Å². The van der Waals surface area contributed by atoms with Crippen LogP contribution in [0.1, 0.15) is 0 Å². The predicted octanol–water partition coefficient (Wildman–Crippen LogP) is 3.58. The number of methoxy groups -OCH3 is 2. The van der Waals surface area contributed by atoms with E-state index in [4.69, 9.17) is 14.7 Å². The summed E-state index contributed by atoms with van der Waals surface area (Å²) >= 11 is 0. The number of carbonyl (C=O) groups excluding carboxylic acids is 1. The van der Waals surface area contributed by atoms with Crippen LogP contribution in [0, 0.1) is 28.8 Å². The molecule has 6 nitrogen and oxygen atoms in total.